The molecule has 3 N–H and O–H groups in total. The first-order valence-corrected chi connectivity index (χ1v) is 12.2. The summed E-state index contributed by atoms with van der Waals surface area (Å²) < 4.78 is 35.5. The van der Waals surface area contributed by atoms with E-state index in [4.69, 9.17) is 10.5 Å². The quantitative estimate of drug-likeness (QED) is 0.447. The molecular formula is C28H27F2N5O2. The number of aromatic nitrogens is 2. The third kappa shape index (κ3) is 5.05. The minimum absolute atomic E-state index is 0.101. The third-order valence-corrected chi connectivity index (χ3v) is 6.81. The number of rotatable bonds is 7. The Balaban J connectivity index is 1.42. The summed E-state index contributed by atoms with van der Waals surface area (Å²) in [5.41, 5.74) is 8.28. The number of ether oxygens (including phenoxy) is 1. The Labute approximate surface area is 214 Å². The van der Waals surface area contributed by atoms with Crippen LogP contribution in [0, 0.1) is 30.5 Å². The van der Waals surface area contributed by atoms with Gasteiger partial charge in [0.15, 0.2) is 11.6 Å². The first-order chi connectivity index (χ1) is 17.9. The van der Waals surface area contributed by atoms with Crippen LogP contribution >= 0.6 is 0 Å². The summed E-state index contributed by atoms with van der Waals surface area (Å²) in [7, 11) is 0. The fraction of sp³-hybridized carbons (Fsp3) is 0.321. The standard InChI is InChI=1S/C28H27F2N5O2/c1-3-9-35-10-8-20(35)14-37-26-25(32-15-33-27(26)31)22-12-19(29)13-24(16(22)2)34-28(36)21-7-6-18(11-23(21)30)17-4-5-17/h6-7,11-13,15,17,20H,4-5,8,10,14H2,1-2H3,(H,34,36)(H2,31,32,33). The Morgan fingerprint density at radius 2 is 2.03 bits per heavy atom. The van der Waals surface area contributed by atoms with Crippen molar-refractivity contribution in [1.29, 1.82) is 0 Å². The van der Waals surface area contributed by atoms with Gasteiger partial charge in [-0.2, -0.15) is 0 Å². The topological polar surface area (TPSA) is 93.4 Å². The van der Waals surface area contributed by atoms with Crippen LogP contribution in [0.3, 0.4) is 0 Å². The average molecular weight is 504 g/mol. The monoisotopic (exact) mass is 503 g/mol. The van der Waals surface area contributed by atoms with Crippen LogP contribution in [-0.2, 0) is 0 Å². The molecule has 1 unspecified atom stereocenters. The van der Waals surface area contributed by atoms with Crippen molar-refractivity contribution in [2.45, 2.75) is 45.1 Å². The lowest BCUT2D eigenvalue weighted by Crippen LogP contribution is -2.47. The van der Waals surface area contributed by atoms with Gasteiger partial charge < -0.3 is 20.7 Å². The van der Waals surface area contributed by atoms with Crippen LogP contribution in [0.25, 0.3) is 11.3 Å². The molecule has 2 heterocycles. The highest BCUT2D eigenvalue weighted by molar-refractivity contribution is 6.05. The molecule has 9 heteroatoms. The zero-order valence-corrected chi connectivity index (χ0v) is 20.6. The summed E-state index contributed by atoms with van der Waals surface area (Å²) in [6.45, 7) is 4.66. The molecule has 37 heavy (non-hydrogen) atoms. The largest absolute Gasteiger partial charge is 0.485 e. The lowest BCUT2D eigenvalue weighted by molar-refractivity contribution is 0.102. The number of nitrogens with zero attached hydrogens (tertiary/aromatic N) is 3. The molecule has 0 bridgehead atoms. The van der Waals surface area contributed by atoms with E-state index in [2.05, 4.69) is 27.2 Å². The van der Waals surface area contributed by atoms with E-state index in [0.29, 0.717) is 29.3 Å². The minimum atomic E-state index is -0.666. The molecule has 3 aromatic rings. The predicted octanol–water partition coefficient (Wildman–Crippen LogP) is 4.88. The van der Waals surface area contributed by atoms with Gasteiger partial charge in [0.25, 0.3) is 5.91 Å². The second-order valence-electron chi connectivity index (χ2n) is 9.34. The van der Waals surface area contributed by atoms with Gasteiger partial charge in [-0.15, -0.1) is 0 Å². The number of hydrogen-bond donors (Lipinski definition) is 2. The van der Waals surface area contributed by atoms with Gasteiger partial charge in [-0.25, -0.2) is 18.7 Å². The number of carbonyl (C=O) groups is 1. The molecule has 0 radical (unpaired) electrons. The molecule has 1 saturated heterocycles. The molecule has 1 aliphatic carbocycles. The van der Waals surface area contributed by atoms with Crippen LogP contribution in [0.15, 0.2) is 36.7 Å². The van der Waals surface area contributed by atoms with Crippen molar-refractivity contribution in [3.63, 3.8) is 0 Å². The van der Waals surface area contributed by atoms with Crippen molar-refractivity contribution in [3.05, 3.63) is 65.0 Å². The molecule has 1 amide bonds. The molecular weight excluding hydrogens is 476 g/mol. The molecule has 2 aromatic carbocycles. The number of hydrogen-bond acceptors (Lipinski definition) is 6. The highest BCUT2D eigenvalue weighted by atomic mass is 19.1. The molecule has 2 fully saturated rings. The van der Waals surface area contributed by atoms with Crippen LogP contribution < -0.4 is 15.8 Å². The molecule has 1 aromatic heterocycles. The molecule has 1 atom stereocenters. The van der Waals surface area contributed by atoms with Gasteiger partial charge in [0.05, 0.1) is 11.6 Å². The summed E-state index contributed by atoms with van der Waals surface area (Å²) in [4.78, 5) is 23.2. The zero-order valence-electron chi connectivity index (χ0n) is 20.6. The lowest BCUT2D eigenvalue weighted by Gasteiger charge is -2.37. The molecule has 1 aliphatic heterocycles. The van der Waals surface area contributed by atoms with Crippen molar-refractivity contribution >= 4 is 17.4 Å². The van der Waals surface area contributed by atoms with Crippen LogP contribution in [0.2, 0.25) is 0 Å². The second kappa shape index (κ2) is 10.1. The number of benzene rings is 2. The van der Waals surface area contributed by atoms with Crippen molar-refractivity contribution < 1.29 is 18.3 Å². The minimum Gasteiger partial charge on any atom is -0.485 e. The maximum Gasteiger partial charge on any atom is 0.258 e. The number of nitrogen functional groups attached to an aromatic ring is 1. The zero-order chi connectivity index (χ0) is 26.1. The van der Waals surface area contributed by atoms with Crippen LogP contribution in [-0.4, -0.2) is 40.0 Å². The van der Waals surface area contributed by atoms with E-state index in [1.165, 1.54) is 30.6 Å². The average Bonchev–Trinajstić information content (AvgIpc) is 3.70. The Hall–Kier alpha value is -4.19. The van der Waals surface area contributed by atoms with E-state index in [0.717, 1.165) is 31.4 Å². The summed E-state index contributed by atoms with van der Waals surface area (Å²) in [6.07, 6.45) is 4.25. The molecule has 1 saturated carbocycles. The van der Waals surface area contributed by atoms with Gasteiger partial charge in [-0.1, -0.05) is 12.0 Å². The van der Waals surface area contributed by atoms with E-state index < -0.39 is 17.5 Å². The van der Waals surface area contributed by atoms with Gasteiger partial charge in [-0.3, -0.25) is 4.79 Å². The lowest BCUT2D eigenvalue weighted by atomic mass is 10.0. The summed E-state index contributed by atoms with van der Waals surface area (Å²) >= 11 is 0. The fourth-order valence-electron chi connectivity index (χ4n) is 4.44. The second-order valence-corrected chi connectivity index (χ2v) is 9.34. The highest BCUT2D eigenvalue weighted by Gasteiger charge is 2.28. The number of anilines is 2. The van der Waals surface area contributed by atoms with Gasteiger partial charge >= 0.3 is 0 Å². The molecule has 0 spiro atoms. The first-order valence-electron chi connectivity index (χ1n) is 12.2. The number of likely N-dealkylation sites (tertiary alicyclic amines) is 1. The number of nitrogens with two attached hydrogens (primary N) is 1. The van der Waals surface area contributed by atoms with Crippen LogP contribution in [0.1, 0.15) is 53.6 Å². The third-order valence-electron chi connectivity index (χ3n) is 6.81. The maximum absolute atomic E-state index is 14.8. The predicted molar refractivity (Wildman–Crippen MR) is 137 cm³/mol. The van der Waals surface area contributed by atoms with E-state index >= 15 is 0 Å². The van der Waals surface area contributed by atoms with Crippen molar-refractivity contribution in [1.82, 2.24) is 14.9 Å². The normalized spacial score (nSPS) is 16.4. The molecule has 7 nitrogen and oxygen atoms in total. The van der Waals surface area contributed by atoms with Crippen LogP contribution in [0.4, 0.5) is 20.3 Å². The maximum atomic E-state index is 14.8. The summed E-state index contributed by atoms with van der Waals surface area (Å²) in [6, 6.07) is 10.2. The molecule has 2 aliphatic rings. The van der Waals surface area contributed by atoms with E-state index in [9.17, 15) is 13.6 Å². The van der Waals surface area contributed by atoms with Crippen molar-refractivity contribution in [2.24, 2.45) is 0 Å². The smallest absolute Gasteiger partial charge is 0.258 e. The number of carbonyl (C=O) groups excluding carboxylic acids is 1. The van der Waals surface area contributed by atoms with E-state index in [1.54, 1.807) is 19.9 Å². The Bertz CT molecular complexity index is 1430. The SMILES string of the molecule is CC#CN1CCC1COc1c(N)ncnc1-c1cc(F)cc(NC(=O)c2ccc(C3CC3)cc2F)c1C. The molecule has 190 valence electrons. The van der Waals surface area contributed by atoms with Crippen molar-refractivity contribution in [3.8, 4) is 29.0 Å². The van der Waals surface area contributed by atoms with E-state index in [-0.39, 0.29) is 28.9 Å². The van der Waals surface area contributed by atoms with E-state index in [1.807, 2.05) is 4.90 Å². The van der Waals surface area contributed by atoms with Gasteiger partial charge in [0, 0.05) is 23.8 Å². The van der Waals surface area contributed by atoms with Crippen LogP contribution in [0.5, 0.6) is 5.75 Å². The Morgan fingerprint density at radius 1 is 1.22 bits per heavy atom. The van der Waals surface area contributed by atoms with Gasteiger partial charge in [-0.05, 0) is 74.4 Å². The highest BCUT2D eigenvalue weighted by Crippen LogP contribution is 2.41. The number of nitrogens with one attached hydrogen (secondary N) is 1. The van der Waals surface area contributed by atoms with Crippen molar-refractivity contribution in [2.75, 3.05) is 24.2 Å². The molecule has 5 rings (SSSR count). The fourth-order valence-corrected chi connectivity index (χ4v) is 4.44. The Morgan fingerprint density at radius 3 is 2.70 bits per heavy atom. The summed E-state index contributed by atoms with van der Waals surface area (Å²) in [5, 5.41) is 2.65. The van der Waals surface area contributed by atoms with Gasteiger partial charge in [0.2, 0.25) is 0 Å². The Kier molecular flexibility index (Phi) is 6.66. The summed E-state index contributed by atoms with van der Waals surface area (Å²) in [5.74, 6) is 1.71. The number of halogens is 2. The number of amides is 1. The first kappa shape index (κ1) is 24.5. The van der Waals surface area contributed by atoms with Gasteiger partial charge in [0.1, 0.15) is 30.3 Å².